The summed E-state index contributed by atoms with van der Waals surface area (Å²) < 4.78 is 5.70. The fourth-order valence-corrected chi connectivity index (χ4v) is 2.79. The Balaban J connectivity index is 1.92. The van der Waals surface area contributed by atoms with Gasteiger partial charge in [-0.1, -0.05) is 23.7 Å². The van der Waals surface area contributed by atoms with Crippen molar-refractivity contribution in [3.05, 3.63) is 64.3 Å². The minimum Gasteiger partial charge on any atom is -0.508 e. The van der Waals surface area contributed by atoms with Crippen LogP contribution in [-0.2, 0) is 0 Å². The number of phenols is 1. The molecule has 0 unspecified atom stereocenters. The molecule has 0 aliphatic carbocycles. The first kappa shape index (κ1) is 18.7. The molecule has 0 amide bonds. The first-order valence-electron chi connectivity index (χ1n) is 8.14. The van der Waals surface area contributed by atoms with Crippen molar-refractivity contribution in [2.75, 3.05) is 5.32 Å². The number of aliphatic hydroxyl groups excluding tert-OH is 1. The van der Waals surface area contributed by atoms with Crippen molar-refractivity contribution in [3.8, 4) is 17.2 Å². The van der Waals surface area contributed by atoms with Gasteiger partial charge in [0.25, 0.3) is 0 Å². The van der Waals surface area contributed by atoms with E-state index in [1.807, 2.05) is 0 Å². The molecule has 7 nitrogen and oxygen atoms in total. The van der Waals surface area contributed by atoms with Crippen LogP contribution in [0.25, 0.3) is 16.3 Å². The highest BCUT2D eigenvalue weighted by atomic mass is 35.5. The van der Waals surface area contributed by atoms with Gasteiger partial charge < -0.3 is 19.9 Å². The van der Waals surface area contributed by atoms with Crippen LogP contribution in [0.2, 0.25) is 5.02 Å². The fourth-order valence-electron chi connectivity index (χ4n) is 2.59. The Morgan fingerprint density at radius 2 is 2.04 bits per heavy atom. The second-order valence-electron chi connectivity index (χ2n) is 6.04. The Bertz CT molecular complexity index is 1010. The van der Waals surface area contributed by atoms with E-state index in [-0.39, 0.29) is 17.5 Å². The topological polar surface area (TPSA) is 95.8 Å². The average Bonchev–Trinajstić information content (AvgIpc) is 3.12. The predicted molar refractivity (Wildman–Crippen MR) is 102 cm³/mol. The van der Waals surface area contributed by atoms with Gasteiger partial charge in [0.1, 0.15) is 11.8 Å². The van der Waals surface area contributed by atoms with Crippen molar-refractivity contribution < 1.29 is 14.6 Å². The third-order valence-corrected chi connectivity index (χ3v) is 4.56. The van der Waals surface area contributed by atoms with Gasteiger partial charge in [0.05, 0.1) is 17.7 Å². The summed E-state index contributed by atoms with van der Waals surface area (Å²) >= 11 is 6.22. The van der Waals surface area contributed by atoms with Crippen LogP contribution < -0.4 is 5.32 Å². The molecular formula is C19H17ClN4O3. The summed E-state index contributed by atoms with van der Waals surface area (Å²) in [6.45, 7) is 10.5. The number of aliphatic hydroxyl groups is 1. The normalized spacial score (nSPS) is 13.0. The van der Waals surface area contributed by atoms with Gasteiger partial charge in [-0.3, -0.25) is 0 Å². The van der Waals surface area contributed by atoms with Crippen LogP contribution in [0.15, 0.2) is 40.8 Å². The van der Waals surface area contributed by atoms with E-state index in [0.29, 0.717) is 27.5 Å². The Morgan fingerprint density at radius 3 is 2.70 bits per heavy atom. The lowest BCUT2D eigenvalue weighted by Crippen LogP contribution is -2.23. The molecule has 0 spiro atoms. The van der Waals surface area contributed by atoms with Crippen molar-refractivity contribution >= 4 is 23.0 Å². The summed E-state index contributed by atoms with van der Waals surface area (Å²) in [5.41, 5.74) is 2.26. The van der Waals surface area contributed by atoms with E-state index in [0.717, 1.165) is 0 Å². The summed E-state index contributed by atoms with van der Waals surface area (Å²) in [4.78, 5) is 3.37. The first-order chi connectivity index (χ1) is 12.9. The smallest absolute Gasteiger partial charge is 0.247 e. The number of nitrogens with one attached hydrogen (secondary N) is 1. The quantitative estimate of drug-likeness (QED) is 0.561. The Morgan fingerprint density at radius 1 is 1.26 bits per heavy atom. The van der Waals surface area contributed by atoms with E-state index >= 15 is 0 Å². The molecule has 3 aromatic rings. The van der Waals surface area contributed by atoms with Crippen LogP contribution in [-0.4, -0.2) is 26.5 Å². The Kier molecular flexibility index (Phi) is 5.31. The number of phenolic OH excluding ortho intramolecular Hbond substituents is 1. The molecule has 0 saturated heterocycles. The number of benzene rings is 2. The van der Waals surface area contributed by atoms with E-state index in [1.165, 1.54) is 6.07 Å². The maximum absolute atomic E-state index is 10.2. The lowest BCUT2D eigenvalue weighted by atomic mass is 10.1. The number of hydrogen-bond acceptors (Lipinski definition) is 6. The molecule has 138 valence electrons. The lowest BCUT2D eigenvalue weighted by molar-refractivity contribution is 0.159. The number of aromatic nitrogens is 2. The zero-order valence-corrected chi connectivity index (χ0v) is 15.4. The minimum atomic E-state index is -0.846. The second-order valence-corrected chi connectivity index (χ2v) is 6.42. The van der Waals surface area contributed by atoms with Gasteiger partial charge in [0.15, 0.2) is 0 Å². The molecule has 0 fully saturated rings. The van der Waals surface area contributed by atoms with E-state index in [4.69, 9.17) is 22.6 Å². The summed E-state index contributed by atoms with van der Waals surface area (Å²) in [6.07, 6.45) is -0.846. The van der Waals surface area contributed by atoms with E-state index in [2.05, 4.69) is 20.4 Å². The van der Waals surface area contributed by atoms with Gasteiger partial charge in [0.2, 0.25) is 17.5 Å². The standard InChI is InChI=1S/C19H17ClN4O3/c1-10-14(7-8-15(21-3)16(10)20)22-17(11(2)25)19-24-23-18(27-19)12-5-4-6-13(26)9-12/h4-9,11,17,22,25-26H,1-2H3/t11-,17-/m1/s1. The largest absolute Gasteiger partial charge is 0.508 e. The number of hydrogen-bond donors (Lipinski definition) is 3. The molecule has 0 saturated carbocycles. The molecular weight excluding hydrogens is 368 g/mol. The highest BCUT2D eigenvalue weighted by Gasteiger charge is 2.25. The maximum Gasteiger partial charge on any atom is 0.247 e. The first-order valence-corrected chi connectivity index (χ1v) is 8.52. The molecule has 0 radical (unpaired) electrons. The van der Waals surface area contributed by atoms with Crippen molar-refractivity contribution in [2.45, 2.75) is 26.0 Å². The van der Waals surface area contributed by atoms with E-state index in [1.54, 1.807) is 44.2 Å². The molecule has 3 N–H and O–H groups in total. The van der Waals surface area contributed by atoms with Crippen LogP contribution in [0.3, 0.4) is 0 Å². The third-order valence-electron chi connectivity index (χ3n) is 4.08. The highest BCUT2D eigenvalue weighted by Crippen LogP contribution is 2.35. The van der Waals surface area contributed by atoms with Crippen LogP contribution in [0.5, 0.6) is 5.75 Å². The Hall–Kier alpha value is -3.08. The van der Waals surface area contributed by atoms with Gasteiger partial charge in [-0.05, 0) is 43.7 Å². The number of aromatic hydroxyl groups is 1. The van der Waals surface area contributed by atoms with E-state index in [9.17, 15) is 10.2 Å². The summed E-state index contributed by atoms with van der Waals surface area (Å²) in [7, 11) is 0. The molecule has 1 heterocycles. The minimum absolute atomic E-state index is 0.0858. The van der Waals surface area contributed by atoms with Crippen molar-refractivity contribution in [2.24, 2.45) is 0 Å². The average molecular weight is 385 g/mol. The van der Waals surface area contributed by atoms with Gasteiger partial charge in [0, 0.05) is 11.3 Å². The number of halogens is 1. The molecule has 1 aromatic heterocycles. The highest BCUT2D eigenvalue weighted by molar-refractivity contribution is 6.34. The number of nitrogens with zero attached hydrogens (tertiary/aromatic N) is 3. The molecule has 0 aliphatic rings. The number of rotatable bonds is 5. The lowest BCUT2D eigenvalue weighted by Gasteiger charge is -2.21. The molecule has 2 atom stereocenters. The molecule has 3 rings (SSSR count). The van der Waals surface area contributed by atoms with Crippen molar-refractivity contribution in [1.29, 1.82) is 0 Å². The SMILES string of the molecule is [C-]#[N+]c1ccc(N[C@@H](c2nnc(-c3cccc(O)c3)o2)[C@@H](C)O)c(C)c1Cl. The van der Waals surface area contributed by atoms with Crippen molar-refractivity contribution in [3.63, 3.8) is 0 Å². The molecule has 0 bridgehead atoms. The van der Waals surface area contributed by atoms with Gasteiger partial charge in [-0.15, -0.1) is 10.2 Å². The van der Waals surface area contributed by atoms with Crippen LogP contribution in [0.1, 0.15) is 24.4 Å². The maximum atomic E-state index is 10.2. The molecule has 0 aliphatic heterocycles. The summed E-state index contributed by atoms with van der Waals surface area (Å²) in [5, 5.41) is 31.3. The van der Waals surface area contributed by atoms with Crippen LogP contribution in [0, 0.1) is 13.5 Å². The second kappa shape index (κ2) is 7.66. The zero-order valence-electron chi connectivity index (χ0n) is 14.6. The van der Waals surface area contributed by atoms with Crippen LogP contribution in [0.4, 0.5) is 11.4 Å². The van der Waals surface area contributed by atoms with Crippen LogP contribution >= 0.6 is 11.6 Å². The number of anilines is 1. The van der Waals surface area contributed by atoms with Gasteiger partial charge in [-0.2, -0.15) is 0 Å². The third kappa shape index (κ3) is 3.87. The zero-order chi connectivity index (χ0) is 19.6. The molecule has 8 heteroatoms. The molecule has 27 heavy (non-hydrogen) atoms. The molecule has 2 aromatic carbocycles. The van der Waals surface area contributed by atoms with Gasteiger partial charge in [-0.25, -0.2) is 4.85 Å². The Labute approximate surface area is 161 Å². The monoisotopic (exact) mass is 384 g/mol. The fraction of sp³-hybridized carbons (Fsp3) is 0.211. The van der Waals surface area contributed by atoms with Gasteiger partial charge >= 0.3 is 0 Å². The van der Waals surface area contributed by atoms with Crippen molar-refractivity contribution in [1.82, 2.24) is 10.2 Å². The summed E-state index contributed by atoms with van der Waals surface area (Å²) in [6, 6.07) is 9.09. The predicted octanol–water partition coefficient (Wildman–Crippen LogP) is 4.49. The summed E-state index contributed by atoms with van der Waals surface area (Å²) in [5.74, 6) is 0.502. The van der Waals surface area contributed by atoms with E-state index < -0.39 is 12.1 Å².